The van der Waals surface area contributed by atoms with Gasteiger partial charge in [-0.15, -0.1) is 0 Å². The van der Waals surface area contributed by atoms with E-state index >= 15 is 4.79 Å². The van der Waals surface area contributed by atoms with Gasteiger partial charge in [0.05, 0.1) is 17.8 Å². The molecule has 7 rings (SSSR count). The zero-order valence-electron chi connectivity index (χ0n) is 30.7. The van der Waals surface area contributed by atoms with Crippen molar-refractivity contribution in [2.24, 2.45) is 17.8 Å². The lowest BCUT2D eigenvalue weighted by Gasteiger charge is -2.62. The summed E-state index contributed by atoms with van der Waals surface area (Å²) in [6.45, 7) is 4.52. The van der Waals surface area contributed by atoms with E-state index in [0.717, 1.165) is 43.2 Å². The summed E-state index contributed by atoms with van der Waals surface area (Å²) in [5.41, 5.74) is 1.63. The molecule has 5 atom stereocenters. The van der Waals surface area contributed by atoms with Crippen molar-refractivity contribution in [3.63, 3.8) is 0 Å². The first kappa shape index (κ1) is 36.7. The molecular formula is C40H51N7O6. The molecule has 1 unspecified atom stereocenters. The zero-order valence-corrected chi connectivity index (χ0v) is 30.7. The standard InChI is InChI=1S/C40H51N7O6/c1-3-16-43-37(51)33(48)29(20-25-11-12-25)44-36(50)31-24(2)13-19-46(31)38(52)32(28-21-26-9-5-6-10-27(26)22-28)47-39(53)34(40(47)14-7-4-8-15-40)45-35(49)30-23-41-17-18-42-30/h5-6,9-10,17-18,23-25,28-29,31-32,34H,3-4,7-8,11-16,19-22H2,1-2H3,(H,43,51)(H,44,50)(H,45,49)/t24-,29?,31-,32-,34+/m0/s1. The van der Waals surface area contributed by atoms with Crippen LogP contribution in [-0.2, 0) is 36.8 Å². The predicted molar refractivity (Wildman–Crippen MR) is 194 cm³/mol. The molecule has 13 heteroatoms. The maximum absolute atomic E-state index is 15.2. The van der Waals surface area contributed by atoms with Crippen LogP contribution in [0.1, 0.15) is 99.7 Å². The number of nitrogens with one attached hydrogen (secondary N) is 3. The summed E-state index contributed by atoms with van der Waals surface area (Å²) < 4.78 is 0. The minimum absolute atomic E-state index is 0.116. The van der Waals surface area contributed by atoms with Crippen LogP contribution in [0.4, 0.5) is 0 Å². The van der Waals surface area contributed by atoms with Crippen molar-refractivity contribution in [3.8, 4) is 0 Å². The number of fused-ring (bicyclic) bond motifs is 1. The Kier molecular flexibility index (Phi) is 10.6. The lowest BCUT2D eigenvalue weighted by Crippen LogP contribution is -2.83. The molecule has 53 heavy (non-hydrogen) atoms. The van der Waals surface area contributed by atoms with Crippen LogP contribution in [0.2, 0.25) is 0 Å². The second-order valence-corrected chi connectivity index (χ2v) is 15.9. The number of rotatable bonds is 13. The van der Waals surface area contributed by atoms with Crippen LogP contribution in [0.3, 0.4) is 0 Å². The first-order valence-corrected chi connectivity index (χ1v) is 19.5. The highest BCUT2D eigenvalue weighted by molar-refractivity contribution is 6.38. The number of benzene rings is 1. The van der Waals surface area contributed by atoms with Crippen LogP contribution in [-0.4, -0.2) is 97.9 Å². The van der Waals surface area contributed by atoms with Gasteiger partial charge in [-0.3, -0.25) is 33.8 Å². The van der Waals surface area contributed by atoms with Gasteiger partial charge in [-0.2, -0.15) is 0 Å². The quantitative estimate of drug-likeness (QED) is 0.209. The Morgan fingerprint density at radius 2 is 1.70 bits per heavy atom. The Hall–Kier alpha value is -4.68. The smallest absolute Gasteiger partial charge is 0.289 e. The Morgan fingerprint density at radius 3 is 2.34 bits per heavy atom. The van der Waals surface area contributed by atoms with Gasteiger partial charge >= 0.3 is 0 Å². The van der Waals surface area contributed by atoms with Gasteiger partial charge in [-0.05, 0) is 73.8 Å². The van der Waals surface area contributed by atoms with Gasteiger partial charge in [0, 0.05) is 25.5 Å². The fraction of sp³-hybridized carbons (Fsp3) is 0.600. The normalized spacial score (nSPS) is 24.6. The molecule has 1 aromatic carbocycles. The number of β-lactam (4-membered cyclic amide) rings is 1. The Morgan fingerprint density at radius 1 is 0.981 bits per heavy atom. The van der Waals surface area contributed by atoms with E-state index in [2.05, 4.69) is 38.1 Å². The minimum atomic E-state index is -0.974. The van der Waals surface area contributed by atoms with Gasteiger partial charge in [0.1, 0.15) is 23.8 Å². The molecule has 2 saturated heterocycles. The number of hydrogen-bond acceptors (Lipinski definition) is 8. The molecule has 4 fully saturated rings. The fourth-order valence-electron chi connectivity index (χ4n) is 9.35. The molecule has 3 heterocycles. The van der Waals surface area contributed by atoms with Crippen molar-refractivity contribution >= 4 is 35.3 Å². The molecule has 2 aromatic rings. The molecule has 13 nitrogen and oxygen atoms in total. The monoisotopic (exact) mass is 725 g/mol. The largest absolute Gasteiger partial charge is 0.349 e. The van der Waals surface area contributed by atoms with E-state index in [1.807, 2.05) is 26.0 Å². The van der Waals surface area contributed by atoms with Crippen molar-refractivity contribution in [1.82, 2.24) is 35.7 Å². The minimum Gasteiger partial charge on any atom is -0.349 e. The number of carbonyl (C=O) groups excluding carboxylic acids is 6. The Bertz CT molecular complexity index is 1720. The molecule has 3 N–H and O–H groups in total. The highest BCUT2D eigenvalue weighted by atomic mass is 16.2. The number of carbonyl (C=O) groups is 6. The van der Waals surface area contributed by atoms with Crippen LogP contribution in [0, 0.1) is 17.8 Å². The summed E-state index contributed by atoms with van der Waals surface area (Å²) in [4.78, 5) is 94.9. The van der Waals surface area contributed by atoms with Crippen LogP contribution in [0.15, 0.2) is 42.9 Å². The lowest BCUT2D eigenvalue weighted by atomic mass is 9.66. The predicted octanol–water partition coefficient (Wildman–Crippen LogP) is 2.52. The van der Waals surface area contributed by atoms with Gasteiger partial charge in [0.25, 0.3) is 11.8 Å². The average molecular weight is 726 g/mol. The van der Waals surface area contributed by atoms with Crippen LogP contribution < -0.4 is 16.0 Å². The third-order valence-corrected chi connectivity index (χ3v) is 12.3. The number of nitrogens with zero attached hydrogens (tertiary/aromatic N) is 4. The van der Waals surface area contributed by atoms with Crippen molar-refractivity contribution in [2.75, 3.05) is 13.1 Å². The molecule has 1 spiro atoms. The molecule has 0 bridgehead atoms. The van der Waals surface area contributed by atoms with Crippen LogP contribution in [0.5, 0.6) is 0 Å². The SMILES string of the molecule is CCCNC(=O)C(=O)C(CC1CC1)NC(=O)[C@@H]1[C@@H](C)CCN1C(=O)[C@H](C1Cc2ccccc2C1)N1C(=O)[C@@H](NC(=O)c2cnccn2)C12CCCCC2. The number of likely N-dealkylation sites (tertiary alicyclic amines) is 2. The highest BCUT2D eigenvalue weighted by Gasteiger charge is 2.65. The first-order chi connectivity index (χ1) is 25.6. The molecule has 282 valence electrons. The third-order valence-electron chi connectivity index (χ3n) is 12.3. The van der Waals surface area contributed by atoms with E-state index < -0.39 is 53.2 Å². The van der Waals surface area contributed by atoms with Gasteiger partial charge in [0.2, 0.25) is 23.5 Å². The fourth-order valence-corrected chi connectivity index (χ4v) is 9.35. The average Bonchev–Trinajstić information content (AvgIpc) is 3.76. The number of amides is 5. The second kappa shape index (κ2) is 15.4. The van der Waals surface area contributed by atoms with Crippen molar-refractivity contribution in [3.05, 3.63) is 59.7 Å². The topological polar surface area (TPSA) is 171 Å². The van der Waals surface area contributed by atoms with Crippen molar-refractivity contribution in [1.29, 1.82) is 0 Å². The van der Waals surface area contributed by atoms with E-state index in [4.69, 9.17) is 0 Å². The van der Waals surface area contributed by atoms with Gasteiger partial charge in [-0.1, -0.05) is 70.2 Å². The lowest BCUT2D eigenvalue weighted by molar-refractivity contribution is -0.183. The second-order valence-electron chi connectivity index (χ2n) is 15.9. The maximum atomic E-state index is 15.2. The number of hydrogen-bond donors (Lipinski definition) is 3. The van der Waals surface area contributed by atoms with Gasteiger partial charge in [-0.25, -0.2) is 4.98 Å². The first-order valence-electron chi connectivity index (χ1n) is 19.5. The van der Waals surface area contributed by atoms with Gasteiger partial charge in [0.15, 0.2) is 0 Å². The van der Waals surface area contributed by atoms with Crippen LogP contribution >= 0.6 is 0 Å². The summed E-state index contributed by atoms with van der Waals surface area (Å²) in [6, 6.07) is 4.58. The summed E-state index contributed by atoms with van der Waals surface area (Å²) >= 11 is 0. The van der Waals surface area contributed by atoms with Crippen LogP contribution in [0.25, 0.3) is 0 Å². The number of Topliss-reactive ketones (excluding diaryl/α,β-unsaturated/α-hetero) is 1. The Balaban J connectivity index is 1.18. The number of ketones is 1. The van der Waals surface area contributed by atoms with Gasteiger partial charge < -0.3 is 25.8 Å². The van der Waals surface area contributed by atoms with Crippen molar-refractivity contribution in [2.45, 2.75) is 121 Å². The Labute approximate surface area is 310 Å². The zero-order chi connectivity index (χ0) is 37.3. The van der Waals surface area contributed by atoms with E-state index in [1.165, 1.54) is 18.6 Å². The molecule has 0 radical (unpaired) electrons. The van der Waals surface area contributed by atoms with E-state index in [-0.39, 0.29) is 35.3 Å². The number of aromatic nitrogens is 2. The molecule has 2 aliphatic heterocycles. The van der Waals surface area contributed by atoms with Crippen molar-refractivity contribution < 1.29 is 28.8 Å². The highest BCUT2D eigenvalue weighted by Crippen LogP contribution is 2.49. The summed E-state index contributed by atoms with van der Waals surface area (Å²) in [6.07, 6.45) is 13.0. The molecule has 2 saturated carbocycles. The summed E-state index contributed by atoms with van der Waals surface area (Å²) in [5.74, 6) is -3.07. The molecule has 1 aromatic heterocycles. The molecule has 5 amide bonds. The maximum Gasteiger partial charge on any atom is 0.289 e. The van der Waals surface area contributed by atoms with E-state index in [9.17, 15) is 24.0 Å². The third kappa shape index (κ3) is 7.18. The summed E-state index contributed by atoms with van der Waals surface area (Å²) in [7, 11) is 0. The van der Waals surface area contributed by atoms with E-state index in [1.54, 1.807) is 9.80 Å². The molecule has 5 aliphatic rings. The van der Waals surface area contributed by atoms with E-state index in [0.29, 0.717) is 58.0 Å². The molecule has 3 aliphatic carbocycles. The summed E-state index contributed by atoms with van der Waals surface area (Å²) in [5, 5.41) is 8.52. The molecular weight excluding hydrogens is 674 g/mol.